The predicted molar refractivity (Wildman–Crippen MR) is 152 cm³/mol. The molecule has 1 spiro atoms. The lowest BCUT2D eigenvalue weighted by molar-refractivity contribution is -0.159. The largest absolute Gasteiger partial charge is 0.469 e. The van der Waals surface area contributed by atoms with Crippen LogP contribution in [0.4, 0.5) is 0 Å². The number of amides is 1. The van der Waals surface area contributed by atoms with Crippen LogP contribution < -0.4 is 5.32 Å². The minimum absolute atomic E-state index is 0.00506. The minimum atomic E-state index is -0.536. The van der Waals surface area contributed by atoms with Crippen molar-refractivity contribution in [2.24, 2.45) is 11.3 Å². The van der Waals surface area contributed by atoms with Crippen molar-refractivity contribution >= 4 is 34.4 Å². The van der Waals surface area contributed by atoms with Crippen LogP contribution in [-0.4, -0.2) is 48.0 Å². The fraction of sp³-hybridized carbons (Fsp3) is 0.344. The molecule has 2 aliphatic carbocycles. The van der Waals surface area contributed by atoms with Gasteiger partial charge in [0.15, 0.2) is 0 Å². The van der Waals surface area contributed by atoms with Gasteiger partial charge in [-0.2, -0.15) is 5.10 Å². The van der Waals surface area contributed by atoms with Crippen LogP contribution >= 0.6 is 11.6 Å². The third-order valence-corrected chi connectivity index (χ3v) is 9.46. The molecular weight excluding hydrogens is 526 g/mol. The fourth-order valence-corrected chi connectivity index (χ4v) is 7.13. The predicted octanol–water partition coefficient (Wildman–Crippen LogP) is 5.59. The summed E-state index contributed by atoms with van der Waals surface area (Å²) in [6, 6.07) is 22.4. The second-order valence-electron chi connectivity index (χ2n) is 11.6. The van der Waals surface area contributed by atoms with Gasteiger partial charge in [-0.3, -0.25) is 9.59 Å². The summed E-state index contributed by atoms with van der Waals surface area (Å²) in [4.78, 5) is 25.4. The Bertz CT molecular complexity index is 1600. The molecule has 1 amide bonds. The molecule has 0 atom stereocenters. The SMILES string of the molecule is COC(=O)[C@H]1CC2(C[C@H](NC(=O)c3ccc(Cl)c4cnn(C5(c6ccc(-c7ccccc7)cc6)COC5)c34)C2)C1. The zero-order valence-electron chi connectivity index (χ0n) is 22.2. The van der Waals surface area contributed by atoms with Gasteiger partial charge in [-0.1, -0.05) is 66.2 Å². The Morgan fingerprint density at radius 1 is 0.975 bits per heavy atom. The van der Waals surface area contributed by atoms with Crippen LogP contribution in [0.15, 0.2) is 72.9 Å². The first-order valence-corrected chi connectivity index (χ1v) is 14.1. The molecule has 1 N–H and O–H groups in total. The molecule has 204 valence electrons. The summed E-state index contributed by atoms with van der Waals surface area (Å²) in [7, 11) is 1.44. The van der Waals surface area contributed by atoms with Crippen LogP contribution in [0.2, 0.25) is 5.02 Å². The second kappa shape index (κ2) is 9.46. The number of carbonyl (C=O) groups is 2. The molecule has 3 aliphatic rings. The quantitative estimate of drug-likeness (QED) is 0.314. The van der Waals surface area contributed by atoms with E-state index in [9.17, 15) is 9.59 Å². The Morgan fingerprint density at radius 2 is 1.68 bits per heavy atom. The highest BCUT2D eigenvalue weighted by Crippen LogP contribution is 2.59. The van der Waals surface area contributed by atoms with Crippen molar-refractivity contribution in [2.45, 2.75) is 37.3 Å². The Balaban J connectivity index is 1.16. The molecule has 4 aromatic rings. The average molecular weight is 556 g/mol. The van der Waals surface area contributed by atoms with Gasteiger partial charge in [0.05, 0.1) is 48.5 Å². The maximum absolute atomic E-state index is 13.6. The number of hydrogen-bond acceptors (Lipinski definition) is 5. The van der Waals surface area contributed by atoms with Crippen molar-refractivity contribution in [2.75, 3.05) is 20.3 Å². The summed E-state index contributed by atoms with van der Waals surface area (Å²) in [5.74, 6) is -0.269. The highest BCUT2D eigenvalue weighted by atomic mass is 35.5. The molecule has 7 nitrogen and oxygen atoms in total. The Hall–Kier alpha value is -3.68. The minimum Gasteiger partial charge on any atom is -0.469 e. The average Bonchev–Trinajstić information content (AvgIpc) is 3.35. The number of fused-ring (bicyclic) bond motifs is 1. The number of halogens is 1. The smallest absolute Gasteiger partial charge is 0.308 e. The highest BCUT2D eigenvalue weighted by molar-refractivity contribution is 6.36. The van der Waals surface area contributed by atoms with Crippen LogP contribution in [0.1, 0.15) is 41.6 Å². The molecule has 1 aliphatic heterocycles. The number of esters is 1. The van der Waals surface area contributed by atoms with E-state index < -0.39 is 5.54 Å². The maximum Gasteiger partial charge on any atom is 0.308 e. The monoisotopic (exact) mass is 555 g/mol. The summed E-state index contributed by atoms with van der Waals surface area (Å²) in [6.45, 7) is 0.906. The van der Waals surface area contributed by atoms with Crippen LogP contribution in [0.25, 0.3) is 22.0 Å². The molecule has 3 aromatic carbocycles. The van der Waals surface area contributed by atoms with Gasteiger partial charge in [0.2, 0.25) is 0 Å². The number of nitrogens with one attached hydrogen (secondary N) is 1. The van der Waals surface area contributed by atoms with Crippen LogP contribution in [0.3, 0.4) is 0 Å². The Kier molecular flexibility index (Phi) is 5.98. The molecule has 2 saturated carbocycles. The topological polar surface area (TPSA) is 82.5 Å². The molecule has 3 fully saturated rings. The number of hydrogen-bond donors (Lipinski definition) is 1. The summed E-state index contributed by atoms with van der Waals surface area (Å²) >= 11 is 6.60. The summed E-state index contributed by atoms with van der Waals surface area (Å²) in [6.07, 6.45) is 5.19. The first kappa shape index (κ1) is 25.3. The van der Waals surface area contributed by atoms with Gasteiger partial charge in [0, 0.05) is 11.4 Å². The van der Waals surface area contributed by atoms with Gasteiger partial charge < -0.3 is 14.8 Å². The number of carbonyl (C=O) groups excluding carboxylic acids is 2. The number of ether oxygens (including phenoxy) is 2. The van der Waals surface area contributed by atoms with E-state index in [1.54, 1.807) is 18.3 Å². The lowest BCUT2D eigenvalue weighted by Crippen LogP contribution is -2.57. The first-order valence-electron chi connectivity index (χ1n) is 13.7. The number of rotatable bonds is 6. The van der Waals surface area contributed by atoms with Crippen LogP contribution in [0, 0.1) is 11.3 Å². The summed E-state index contributed by atoms with van der Waals surface area (Å²) < 4.78 is 12.6. The summed E-state index contributed by atoms with van der Waals surface area (Å²) in [5, 5.41) is 9.29. The van der Waals surface area contributed by atoms with Gasteiger partial charge in [-0.05, 0) is 59.9 Å². The lowest BCUT2D eigenvalue weighted by atomic mass is 9.50. The number of benzene rings is 3. The number of methoxy groups -OCH3 is 1. The normalized spacial score (nSPS) is 24.6. The van der Waals surface area contributed by atoms with E-state index in [0.29, 0.717) is 29.3 Å². The molecule has 1 aromatic heterocycles. The lowest BCUT2D eigenvalue weighted by Gasteiger charge is -2.56. The van der Waals surface area contributed by atoms with E-state index in [4.69, 9.17) is 26.2 Å². The molecule has 1 saturated heterocycles. The molecule has 0 bridgehead atoms. The molecule has 8 heteroatoms. The van der Waals surface area contributed by atoms with E-state index in [-0.39, 0.29) is 29.3 Å². The van der Waals surface area contributed by atoms with Gasteiger partial charge in [-0.15, -0.1) is 0 Å². The van der Waals surface area contributed by atoms with E-state index in [1.165, 1.54) is 7.11 Å². The maximum atomic E-state index is 13.6. The second-order valence-corrected chi connectivity index (χ2v) is 12.0. The fourth-order valence-electron chi connectivity index (χ4n) is 6.93. The highest BCUT2D eigenvalue weighted by Gasteiger charge is 2.55. The van der Waals surface area contributed by atoms with E-state index in [0.717, 1.165) is 47.8 Å². The van der Waals surface area contributed by atoms with E-state index in [1.807, 2.05) is 22.9 Å². The third-order valence-electron chi connectivity index (χ3n) is 9.13. The number of aromatic nitrogens is 2. The van der Waals surface area contributed by atoms with E-state index >= 15 is 0 Å². The van der Waals surface area contributed by atoms with Crippen molar-refractivity contribution in [3.05, 3.63) is 89.1 Å². The molecule has 0 unspecified atom stereocenters. The molecule has 0 radical (unpaired) electrons. The Labute approximate surface area is 237 Å². The molecule has 40 heavy (non-hydrogen) atoms. The molecule has 2 heterocycles. The van der Waals surface area contributed by atoms with Gasteiger partial charge in [0.1, 0.15) is 5.54 Å². The Morgan fingerprint density at radius 3 is 2.33 bits per heavy atom. The molecule has 7 rings (SSSR count). The van der Waals surface area contributed by atoms with Crippen LogP contribution in [0.5, 0.6) is 0 Å². The van der Waals surface area contributed by atoms with Gasteiger partial charge >= 0.3 is 5.97 Å². The summed E-state index contributed by atoms with van der Waals surface area (Å²) in [5.41, 5.74) is 4.24. The zero-order chi connectivity index (χ0) is 27.5. The third kappa shape index (κ3) is 3.94. The van der Waals surface area contributed by atoms with Crippen molar-refractivity contribution in [3.8, 4) is 11.1 Å². The zero-order valence-corrected chi connectivity index (χ0v) is 23.0. The van der Waals surface area contributed by atoms with Crippen molar-refractivity contribution in [1.82, 2.24) is 15.1 Å². The first-order chi connectivity index (χ1) is 19.4. The van der Waals surface area contributed by atoms with Crippen molar-refractivity contribution in [1.29, 1.82) is 0 Å². The van der Waals surface area contributed by atoms with Crippen LogP contribution in [-0.2, 0) is 19.8 Å². The van der Waals surface area contributed by atoms with Crippen molar-refractivity contribution < 1.29 is 19.1 Å². The van der Waals surface area contributed by atoms with E-state index in [2.05, 4.69) is 41.7 Å². The molecular formula is C32H30ClN3O4. The van der Waals surface area contributed by atoms with Gasteiger partial charge in [0.25, 0.3) is 5.91 Å². The standard InChI is InChI=1S/C32H30ClN3O4/c1-39-30(38)22-13-31(14-22)15-24(16-31)35-29(37)25-11-12-27(33)26-17-34-36(28(25)26)32(18-40-19-32)23-9-7-21(8-10-23)20-5-3-2-4-6-20/h2-12,17,22,24H,13-16,18-19H2,1H3,(H,35,37)/t22-,24-,31?. The number of nitrogens with zero attached hydrogens (tertiary/aromatic N) is 2. The van der Waals surface area contributed by atoms with Crippen molar-refractivity contribution in [3.63, 3.8) is 0 Å². The van der Waals surface area contributed by atoms with Gasteiger partial charge in [-0.25, -0.2) is 4.68 Å².